The van der Waals surface area contributed by atoms with Crippen LogP contribution in [0.15, 0.2) is 33.9 Å². The fourth-order valence-corrected chi connectivity index (χ4v) is 4.18. The average molecular weight is 328 g/mol. The summed E-state index contributed by atoms with van der Waals surface area (Å²) < 4.78 is 1.19. The van der Waals surface area contributed by atoms with Gasteiger partial charge in [-0.25, -0.2) is 9.78 Å². The molecule has 1 aliphatic rings. The molecule has 2 aromatic heterocycles. The number of para-hydroxylation sites is 1. The van der Waals surface area contributed by atoms with Crippen molar-refractivity contribution in [1.29, 1.82) is 0 Å². The number of fused-ring (bicyclic) bond motifs is 1. The number of nitrogens with zero attached hydrogens (tertiary/aromatic N) is 2. The van der Waals surface area contributed by atoms with E-state index in [0.29, 0.717) is 5.69 Å². The number of rotatable bonds is 2. The topological polar surface area (TPSA) is 81.9 Å². The summed E-state index contributed by atoms with van der Waals surface area (Å²) >= 11 is 1.69. The molecule has 0 amide bonds. The molecule has 1 aromatic carbocycles. The fraction of sp³-hybridized carbons (Fsp3) is 0.312. The van der Waals surface area contributed by atoms with Crippen molar-refractivity contribution in [2.45, 2.75) is 19.3 Å². The van der Waals surface area contributed by atoms with E-state index in [0.717, 1.165) is 30.2 Å². The number of H-pyrrole nitrogens is 2. The van der Waals surface area contributed by atoms with Crippen LogP contribution in [-0.4, -0.2) is 28.0 Å². The van der Waals surface area contributed by atoms with E-state index < -0.39 is 5.69 Å². The van der Waals surface area contributed by atoms with Crippen molar-refractivity contribution < 1.29 is 0 Å². The van der Waals surface area contributed by atoms with Gasteiger partial charge in [0, 0.05) is 30.8 Å². The van der Waals surface area contributed by atoms with E-state index in [-0.39, 0.29) is 11.5 Å². The number of nitrogens with one attached hydrogen (secondary N) is 2. The van der Waals surface area contributed by atoms with E-state index in [4.69, 9.17) is 4.98 Å². The van der Waals surface area contributed by atoms with Gasteiger partial charge in [0.05, 0.1) is 10.2 Å². The molecule has 0 spiro atoms. The Kier molecular flexibility index (Phi) is 3.30. The van der Waals surface area contributed by atoms with E-state index in [1.54, 1.807) is 11.3 Å². The molecule has 3 aromatic rings. The number of hydrogen-bond acceptors (Lipinski definition) is 5. The quantitative estimate of drug-likeness (QED) is 0.753. The minimum Gasteiger partial charge on any atom is -0.347 e. The maximum Gasteiger partial charge on any atom is 0.325 e. The Hall–Kier alpha value is -2.41. The first-order valence-corrected chi connectivity index (χ1v) is 8.36. The summed E-state index contributed by atoms with van der Waals surface area (Å²) in [6.07, 6.45) is 0.897. The number of aryl methyl sites for hydroxylation is 1. The summed E-state index contributed by atoms with van der Waals surface area (Å²) in [4.78, 5) is 34.9. The van der Waals surface area contributed by atoms with Gasteiger partial charge in [-0.1, -0.05) is 23.5 Å². The number of thiazole rings is 1. The van der Waals surface area contributed by atoms with E-state index in [1.165, 1.54) is 16.3 Å². The normalized spacial score (nSPS) is 18.0. The van der Waals surface area contributed by atoms with Crippen LogP contribution in [0.2, 0.25) is 0 Å². The zero-order valence-electron chi connectivity index (χ0n) is 12.6. The van der Waals surface area contributed by atoms with Crippen LogP contribution >= 0.6 is 11.3 Å². The van der Waals surface area contributed by atoms with Crippen LogP contribution in [0.4, 0.5) is 5.13 Å². The lowest BCUT2D eigenvalue weighted by Crippen LogP contribution is -2.25. The second kappa shape index (κ2) is 5.34. The van der Waals surface area contributed by atoms with Gasteiger partial charge in [-0.05, 0) is 25.0 Å². The standard InChI is InChI=1S/C16H16N4O2S/c1-9-3-2-4-12-14(9)19-16(23-12)20-6-5-10(8-20)11-7-13(21)18-15(22)17-11/h2-4,7,10H,5-6,8H2,1H3,(H2,17,18,21,22)/t10-/m0/s1. The maximum absolute atomic E-state index is 11.5. The zero-order chi connectivity index (χ0) is 16.0. The molecule has 4 rings (SSSR count). The summed E-state index contributed by atoms with van der Waals surface area (Å²) in [6, 6.07) is 7.69. The van der Waals surface area contributed by atoms with Crippen LogP contribution in [-0.2, 0) is 0 Å². The largest absolute Gasteiger partial charge is 0.347 e. The Labute approximate surface area is 135 Å². The first kappa shape index (κ1) is 14.2. The highest BCUT2D eigenvalue weighted by Gasteiger charge is 2.27. The molecule has 7 heteroatoms. The van der Waals surface area contributed by atoms with Gasteiger partial charge in [0.2, 0.25) is 0 Å². The van der Waals surface area contributed by atoms with Crippen LogP contribution in [0.3, 0.4) is 0 Å². The molecule has 0 saturated carbocycles. The Morgan fingerprint density at radius 3 is 2.96 bits per heavy atom. The van der Waals surface area contributed by atoms with E-state index >= 15 is 0 Å². The highest BCUT2D eigenvalue weighted by molar-refractivity contribution is 7.22. The summed E-state index contributed by atoms with van der Waals surface area (Å²) in [5.41, 5.74) is 2.15. The molecule has 1 fully saturated rings. The van der Waals surface area contributed by atoms with Crippen molar-refractivity contribution in [3.8, 4) is 0 Å². The number of aromatic nitrogens is 3. The minimum atomic E-state index is -0.443. The van der Waals surface area contributed by atoms with Crippen LogP contribution in [0.25, 0.3) is 10.2 Å². The van der Waals surface area contributed by atoms with Crippen molar-refractivity contribution in [1.82, 2.24) is 15.0 Å². The van der Waals surface area contributed by atoms with Gasteiger partial charge in [-0.3, -0.25) is 9.78 Å². The van der Waals surface area contributed by atoms with Crippen LogP contribution in [0.5, 0.6) is 0 Å². The lowest BCUT2D eigenvalue weighted by molar-refractivity contribution is 0.729. The molecule has 0 unspecified atom stereocenters. The van der Waals surface area contributed by atoms with Gasteiger partial charge in [-0.2, -0.15) is 0 Å². The Morgan fingerprint density at radius 2 is 2.17 bits per heavy atom. The highest BCUT2D eigenvalue weighted by Crippen LogP contribution is 2.35. The van der Waals surface area contributed by atoms with Crippen molar-refractivity contribution >= 4 is 26.7 Å². The maximum atomic E-state index is 11.5. The molecule has 6 nitrogen and oxygen atoms in total. The number of hydrogen-bond donors (Lipinski definition) is 2. The Balaban J connectivity index is 1.63. The first-order valence-electron chi connectivity index (χ1n) is 7.55. The number of benzene rings is 1. The Bertz CT molecular complexity index is 959. The van der Waals surface area contributed by atoms with Crippen LogP contribution in [0, 0.1) is 6.92 Å². The first-order chi connectivity index (χ1) is 11.1. The van der Waals surface area contributed by atoms with Gasteiger partial charge in [0.15, 0.2) is 5.13 Å². The molecule has 2 N–H and O–H groups in total. The van der Waals surface area contributed by atoms with Gasteiger partial charge in [0.1, 0.15) is 0 Å². The molecule has 118 valence electrons. The second-order valence-corrected chi connectivity index (χ2v) is 6.90. The molecule has 0 bridgehead atoms. The van der Waals surface area contributed by atoms with Crippen molar-refractivity contribution in [3.05, 3.63) is 56.4 Å². The van der Waals surface area contributed by atoms with E-state index in [1.807, 2.05) is 6.07 Å². The van der Waals surface area contributed by atoms with E-state index in [2.05, 4.69) is 33.9 Å². The van der Waals surface area contributed by atoms with Crippen molar-refractivity contribution in [3.63, 3.8) is 0 Å². The third kappa shape index (κ3) is 2.57. The van der Waals surface area contributed by atoms with Crippen LogP contribution in [0.1, 0.15) is 23.6 Å². The molecule has 23 heavy (non-hydrogen) atoms. The summed E-state index contributed by atoms with van der Waals surface area (Å²) in [7, 11) is 0. The van der Waals surface area contributed by atoms with Crippen molar-refractivity contribution in [2.24, 2.45) is 0 Å². The molecule has 3 heterocycles. The smallest absolute Gasteiger partial charge is 0.325 e. The van der Waals surface area contributed by atoms with Gasteiger partial charge < -0.3 is 9.88 Å². The third-order valence-electron chi connectivity index (χ3n) is 4.29. The van der Waals surface area contributed by atoms with E-state index in [9.17, 15) is 9.59 Å². The second-order valence-electron chi connectivity index (χ2n) is 5.89. The predicted molar refractivity (Wildman–Crippen MR) is 91.6 cm³/mol. The highest BCUT2D eigenvalue weighted by atomic mass is 32.1. The molecule has 1 saturated heterocycles. The third-order valence-corrected chi connectivity index (χ3v) is 5.37. The average Bonchev–Trinajstić information content (AvgIpc) is 3.13. The number of aromatic amines is 2. The predicted octanol–water partition coefficient (Wildman–Crippen LogP) is 1.98. The molecule has 1 atom stereocenters. The number of anilines is 1. The minimum absolute atomic E-state index is 0.151. The molecule has 1 aliphatic heterocycles. The summed E-state index contributed by atoms with van der Waals surface area (Å²) in [5, 5.41) is 1.00. The lowest BCUT2D eigenvalue weighted by atomic mass is 10.1. The Morgan fingerprint density at radius 1 is 1.30 bits per heavy atom. The monoisotopic (exact) mass is 328 g/mol. The summed E-state index contributed by atoms with van der Waals surface area (Å²) in [6.45, 7) is 3.70. The van der Waals surface area contributed by atoms with Gasteiger partial charge >= 0.3 is 5.69 Å². The lowest BCUT2D eigenvalue weighted by Gasteiger charge is -2.14. The molecular formula is C16H16N4O2S. The molecule has 0 aliphatic carbocycles. The zero-order valence-corrected chi connectivity index (χ0v) is 13.4. The fourth-order valence-electron chi connectivity index (χ4n) is 3.11. The molecule has 0 radical (unpaired) electrons. The van der Waals surface area contributed by atoms with Gasteiger partial charge in [-0.15, -0.1) is 0 Å². The van der Waals surface area contributed by atoms with Gasteiger partial charge in [0.25, 0.3) is 5.56 Å². The summed E-state index contributed by atoms with van der Waals surface area (Å²) in [5.74, 6) is 0.151. The SMILES string of the molecule is Cc1cccc2sc(N3CC[C@H](c4cc(=O)[nH]c(=O)[nH]4)C3)nc12. The molecular weight excluding hydrogens is 312 g/mol. The van der Waals surface area contributed by atoms with Crippen molar-refractivity contribution in [2.75, 3.05) is 18.0 Å². The van der Waals surface area contributed by atoms with Crippen LogP contribution < -0.4 is 16.1 Å².